The molecule has 0 saturated carbocycles. The lowest BCUT2D eigenvalue weighted by Gasteiger charge is -2.24. The van der Waals surface area contributed by atoms with Gasteiger partial charge in [0.25, 0.3) is 0 Å². The third-order valence-electron chi connectivity index (χ3n) is 7.61. The first-order valence-electron chi connectivity index (χ1n) is 14.5. The summed E-state index contributed by atoms with van der Waals surface area (Å²) in [5.41, 5.74) is 20.2. The summed E-state index contributed by atoms with van der Waals surface area (Å²) in [7, 11) is 0. The van der Waals surface area contributed by atoms with Crippen LogP contribution in [-0.4, -0.2) is 0 Å². The zero-order chi connectivity index (χ0) is 29.6. The van der Waals surface area contributed by atoms with E-state index in [1.165, 1.54) is 11.1 Å². The van der Waals surface area contributed by atoms with Gasteiger partial charge < -0.3 is 20.9 Å². The van der Waals surface area contributed by atoms with Gasteiger partial charge in [0.15, 0.2) is 0 Å². The summed E-state index contributed by atoms with van der Waals surface area (Å²) in [6, 6.07) is 48.8. The maximum Gasteiger partial charge on any atom is 0.128 e. The number of benzene rings is 6. The third kappa shape index (κ3) is 6.39. The first kappa shape index (κ1) is 27.7. The second-order valence-electron chi connectivity index (χ2n) is 10.5. The van der Waals surface area contributed by atoms with Crippen molar-refractivity contribution in [2.24, 2.45) is 0 Å². The van der Waals surface area contributed by atoms with Gasteiger partial charge in [0.2, 0.25) is 0 Å². The molecule has 0 aliphatic rings. The molecule has 0 fully saturated rings. The summed E-state index contributed by atoms with van der Waals surface area (Å²) in [5, 5.41) is 0. The Balaban J connectivity index is 1.44. The van der Waals surface area contributed by atoms with Crippen LogP contribution in [0.3, 0.4) is 0 Å². The highest BCUT2D eigenvalue weighted by Gasteiger charge is 2.22. The minimum absolute atomic E-state index is 0.126. The van der Waals surface area contributed by atoms with Crippen molar-refractivity contribution >= 4 is 11.4 Å². The van der Waals surface area contributed by atoms with Crippen LogP contribution in [-0.2, 0) is 0 Å². The molecule has 0 spiro atoms. The fourth-order valence-corrected chi connectivity index (χ4v) is 5.49. The summed E-state index contributed by atoms with van der Waals surface area (Å²) in [6.07, 6.45) is 0.913. The smallest absolute Gasteiger partial charge is 0.128 e. The Morgan fingerprint density at radius 1 is 0.465 bits per heavy atom. The van der Waals surface area contributed by atoms with E-state index in [0.717, 1.165) is 51.7 Å². The predicted octanol–water partition coefficient (Wildman–Crippen LogP) is 10.3. The maximum atomic E-state index is 6.26. The molecular formula is C39H34N2O2. The van der Waals surface area contributed by atoms with E-state index in [1.807, 2.05) is 60.7 Å². The van der Waals surface area contributed by atoms with E-state index in [2.05, 4.69) is 91.9 Å². The zero-order valence-electron chi connectivity index (χ0n) is 24.1. The minimum atomic E-state index is 0.126. The average Bonchev–Trinajstić information content (AvgIpc) is 3.05. The fourth-order valence-electron chi connectivity index (χ4n) is 5.49. The van der Waals surface area contributed by atoms with Gasteiger partial charge in [-0.05, 0) is 113 Å². The van der Waals surface area contributed by atoms with Crippen LogP contribution in [0.5, 0.6) is 23.0 Å². The van der Waals surface area contributed by atoms with E-state index >= 15 is 0 Å². The molecule has 0 radical (unpaired) electrons. The molecule has 0 bridgehead atoms. The highest BCUT2D eigenvalue weighted by Crippen LogP contribution is 2.43. The predicted molar refractivity (Wildman–Crippen MR) is 178 cm³/mol. The maximum absolute atomic E-state index is 6.26. The Labute approximate surface area is 253 Å². The number of nitrogen functional groups attached to an aromatic ring is 2. The number of anilines is 2. The molecule has 0 aromatic heterocycles. The van der Waals surface area contributed by atoms with Crippen molar-refractivity contribution in [2.45, 2.75) is 19.3 Å². The Hall–Kier alpha value is -5.48. The van der Waals surface area contributed by atoms with E-state index in [4.69, 9.17) is 20.9 Å². The molecule has 43 heavy (non-hydrogen) atoms. The molecule has 0 heterocycles. The highest BCUT2D eigenvalue weighted by atomic mass is 16.5. The number of hydrogen-bond donors (Lipinski definition) is 2. The lowest BCUT2D eigenvalue weighted by molar-refractivity contribution is 0.482. The van der Waals surface area contributed by atoms with Crippen LogP contribution in [0.2, 0.25) is 0 Å². The summed E-state index contributed by atoms with van der Waals surface area (Å²) in [6.45, 7) is 2.24. The molecule has 0 aliphatic carbocycles. The van der Waals surface area contributed by atoms with E-state index < -0.39 is 0 Å². The van der Waals surface area contributed by atoms with Gasteiger partial charge in [-0.15, -0.1) is 0 Å². The fraction of sp³-hybridized carbons (Fsp3) is 0.0769. The summed E-state index contributed by atoms with van der Waals surface area (Å²) in [4.78, 5) is 0. The van der Waals surface area contributed by atoms with Crippen LogP contribution in [0.25, 0.3) is 22.3 Å². The lowest BCUT2D eigenvalue weighted by atomic mass is 9.81. The van der Waals surface area contributed by atoms with Crippen LogP contribution < -0.4 is 20.9 Å². The summed E-state index contributed by atoms with van der Waals surface area (Å²) >= 11 is 0. The van der Waals surface area contributed by atoms with E-state index in [1.54, 1.807) is 0 Å². The van der Waals surface area contributed by atoms with Crippen LogP contribution in [0.15, 0.2) is 146 Å². The van der Waals surface area contributed by atoms with Crippen LogP contribution >= 0.6 is 0 Å². The Bertz CT molecular complexity index is 1670. The number of ether oxygens (including phenoxy) is 2. The molecule has 4 nitrogen and oxygen atoms in total. The Kier molecular flexibility index (Phi) is 8.10. The number of nitrogens with two attached hydrogens (primary N) is 2. The standard InChI is InChI=1S/C39H34N2O2/c1-2-35(36-23-21-33(42-31-17-13-29(40)14-18-31)25-38(36)27-9-5-3-6-10-27)37-24-22-34(43-32-19-15-30(41)16-20-32)26-39(37)28-11-7-4-8-12-28/h3-26,35H,2,40-41H2,1H3. The van der Waals surface area contributed by atoms with Crippen LogP contribution in [0, 0.1) is 0 Å². The second kappa shape index (κ2) is 12.6. The molecule has 4 heteroatoms. The molecule has 6 aromatic rings. The summed E-state index contributed by atoms with van der Waals surface area (Å²) < 4.78 is 12.5. The third-order valence-corrected chi connectivity index (χ3v) is 7.61. The van der Waals surface area contributed by atoms with Gasteiger partial charge >= 0.3 is 0 Å². The normalized spacial score (nSPS) is 10.9. The summed E-state index contributed by atoms with van der Waals surface area (Å²) in [5.74, 6) is 3.17. The first-order valence-corrected chi connectivity index (χ1v) is 14.5. The first-order chi connectivity index (χ1) is 21.1. The van der Waals surface area contributed by atoms with Crippen molar-refractivity contribution in [1.82, 2.24) is 0 Å². The average molecular weight is 563 g/mol. The zero-order valence-corrected chi connectivity index (χ0v) is 24.1. The molecule has 0 aliphatic heterocycles. The molecule has 212 valence electrons. The van der Waals surface area contributed by atoms with Crippen molar-refractivity contribution < 1.29 is 9.47 Å². The highest BCUT2D eigenvalue weighted by molar-refractivity contribution is 5.75. The Morgan fingerprint density at radius 3 is 1.21 bits per heavy atom. The van der Waals surface area contributed by atoms with Crippen LogP contribution in [0.1, 0.15) is 30.4 Å². The Morgan fingerprint density at radius 2 is 0.837 bits per heavy atom. The van der Waals surface area contributed by atoms with Gasteiger partial charge in [0.1, 0.15) is 23.0 Å². The van der Waals surface area contributed by atoms with Gasteiger partial charge in [-0.1, -0.05) is 79.7 Å². The van der Waals surface area contributed by atoms with E-state index in [-0.39, 0.29) is 5.92 Å². The van der Waals surface area contributed by atoms with Crippen molar-refractivity contribution in [3.63, 3.8) is 0 Å². The van der Waals surface area contributed by atoms with E-state index in [9.17, 15) is 0 Å². The number of hydrogen-bond acceptors (Lipinski definition) is 4. The molecule has 0 amide bonds. The quantitative estimate of drug-likeness (QED) is 0.172. The van der Waals surface area contributed by atoms with Crippen molar-refractivity contribution in [1.29, 1.82) is 0 Å². The molecule has 0 atom stereocenters. The van der Waals surface area contributed by atoms with E-state index in [0.29, 0.717) is 11.4 Å². The second-order valence-corrected chi connectivity index (χ2v) is 10.5. The molecule has 6 aromatic carbocycles. The van der Waals surface area contributed by atoms with Crippen molar-refractivity contribution in [2.75, 3.05) is 11.5 Å². The topological polar surface area (TPSA) is 70.5 Å². The van der Waals surface area contributed by atoms with Gasteiger partial charge in [0.05, 0.1) is 0 Å². The van der Waals surface area contributed by atoms with Gasteiger partial charge in [-0.2, -0.15) is 0 Å². The molecular weight excluding hydrogens is 528 g/mol. The molecule has 6 rings (SSSR count). The monoisotopic (exact) mass is 562 g/mol. The van der Waals surface area contributed by atoms with Crippen LogP contribution in [0.4, 0.5) is 11.4 Å². The largest absolute Gasteiger partial charge is 0.457 e. The number of rotatable bonds is 9. The molecule has 4 N–H and O–H groups in total. The molecule has 0 saturated heterocycles. The van der Waals surface area contributed by atoms with Crippen molar-refractivity contribution in [3.05, 3.63) is 157 Å². The minimum Gasteiger partial charge on any atom is -0.457 e. The lowest BCUT2D eigenvalue weighted by Crippen LogP contribution is -2.05. The van der Waals surface area contributed by atoms with Gasteiger partial charge in [0, 0.05) is 17.3 Å². The molecule has 0 unspecified atom stereocenters. The SMILES string of the molecule is CCC(c1ccc(Oc2ccc(N)cc2)cc1-c1ccccc1)c1ccc(Oc2ccc(N)cc2)cc1-c1ccccc1. The van der Waals surface area contributed by atoms with Gasteiger partial charge in [-0.3, -0.25) is 0 Å². The van der Waals surface area contributed by atoms with Gasteiger partial charge in [-0.25, -0.2) is 0 Å². The van der Waals surface area contributed by atoms with Crippen molar-refractivity contribution in [3.8, 4) is 45.3 Å².